The van der Waals surface area contributed by atoms with E-state index in [1.165, 1.54) is 12.1 Å². The van der Waals surface area contributed by atoms with Gasteiger partial charge in [-0.15, -0.1) is 5.10 Å². The Morgan fingerprint density at radius 1 is 1.26 bits per heavy atom. The molecule has 0 aliphatic carbocycles. The maximum atomic E-state index is 13.3. The number of unbranched alkanes of at least 4 members (excludes halogenated alkanes) is 1. The number of hydrogen-bond donors (Lipinski definition) is 2. The van der Waals surface area contributed by atoms with Crippen LogP contribution in [0.5, 0.6) is 0 Å². The molecule has 1 aromatic heterocycles. The Labute approximate surface area is 109 Å². The Kier molecular flexibility index (Phi) is 3.94. The third-order valence-corrected chi connectivity index (χ3v) is 2.64. The summed E-state index contributed by atoms with van der Waals surface area (Å²) in [7, 11) is 0. The minimum atomic E-state index is -0.635. The molecule has 2 aromatic rings. The molecule has 0 saturated heterocycles. The summed E-state index contributed by atoms with van der Waals surface area (Å²) >= 11 is 0. The summed E-state index contributed by atoms with van der Waals surface area (Å²) in [5.41, 5.74) is 5.83. The van der Waals surface area contributed by atoms with E-state index in [1.54, 1.807) is 4.90 Å². The minimum absolute atomic E-state index is 0.0911. The quantitative estimate of drug-likeness (QED) is 0.873. The van der Waals surface area contributed by atoms with Crippen LogP contribution >= 0.6 is 0 Å². The van der Waals surface area contributed by atoms with Gasteiger partial charge < -0.3 is 10.6 Å². The summed E-state index contributed by atoms with van der Waals surface area (Å²) in [4.78, 5) is 5.64. The molecule has 1 aromatic carbocycles. The van der Waals surface area contributed by atoms with Crippen molar-refractivity contribution in [1.29, 1.82) is 0 Å². The van der Waals surface area contributed by atoms with Gasteiger partial charge in [-0.2, -0.15) is 4.98 Å². The largest absolute Gasteiger partial charge is 0.366 e. The van der Waals surface area contributed by atoms with Crippen LogP contribution in [-0.2, 0) is 0 Å². The van der Waals surface area contributed by atoms with Gasteiger partial charge in [0.15, 0.2) is 0 Å². The van der Waals surface area contributed by atoms with E-state index in [1.807, 2.05) is 6.92 Å². The maximum absolute atomic E-state index is 13.3. The zero-order chi connectivity index (χ0) is 13.8. The summed E-state index contributed by atoms with van der Waals surface area (Å²) in [5.74, 6) is -0.808. The van der Waals surface area contributed by atoms with E-state index in [4.69, 9.17) is 5.73 Å². The summed E-state index contributed by atoms with van der Waals surface area (Å²) in [6.07, 6.45) is 1.79. The Morgan fingerprint density at radius 3 is 2.47 bits per heavy atom. The molecule has 0 atom stereocenters. The predicted octanol–water partition coefficient (Wildman–Crippen LogP) is 2.60. The van der Waals surface area contributed by atoms with Gasteiger partial charge in [-0.05, 0) is 18.6 Å². The van der Waals surface area contributed by atoms with Gasteiger partial charge in [0, 0.05) is 18.3 Å². The SMILES string of the molecule is CCCCN(c1cc(F)cc(F)c1)c1nc(N)n[nH]1. The second-order valence-electron chi connectivity index (χ2n) is 4.15. The van der Waals surface area contributed by atoms with Crippen molar-refractivity contribution < 1.29 is 8.78 Å². The second-order valence-corrected chi connectivity index (χ2v) is 4.15. The molecule has 0 unspecified atom stereocenters. The number of nitrogens with two attached hydrogens (primary N) is 1. The van der Waals surface area contributed by atoms with Crippen LogP contribution in [0.3, 0.4) is 0 Å². The number of nitrogens with one attached hydrogen (secondary N) is 1. The molecule has 3 N–H and O–H groups in total. The van der Waals surface area contributed by atoms with Crippen molar-refractivity contribution in [2.75, 3.05) is 17.2 Å². The molecule has 5 nitrogen and oxygen atoms in total. The highest BCUT2D eigenvalue weighted by Crippen LogP contribution is 2.24. The number of benzene rings is 1. The number of hydrogen-bond acceptors (Lipinski definition) is 4. The van der Waals surface area contributed by atoms with Crippen LogP contribution in [0, 0.1) is 11.6 Å². The molecule has 0 saturated carbocycles. The van der Waals surface area contributed by atoms with Crippen LogP contribution in [0.25, 0.3) is 0 Å². The van der Waals surface area contributed by atoms with Crippen molar-refractivity contribution >= 4 is 17.6 Å². The van der Waals surface area contributed by atoms with E-state index in [2.05, 4.69) is 15.2 Å². The van der Waals surface area contributed by atoms with Gasteiger partial charge in [-0.1, -0.05) is 13.3 Å². The Morgan fingerprint density at radius 2 is 1.95 bits per heavy atom. The van der Waals surface area contributed by atoms with Gasteiger partial charge in [0.25, 0.3) is 0 Å². The zero-order valence-corrected chi connectivity index (χ0v) is 10.5. The molecule has 0 radical (unpaired) electrons. The summed E-state index contributed by atoms with van der Waals surface area (Å²) in [6.45, 7) is 2.59. The Balaban J connectivity index is 2.36. The molecule has 0 aliphatic heterocycles. The molecule has 0 spiro atoms. The van der Waals surface area contributed by atoms with Crippen LogP contribution in [-0.4, -0.2) is 21.7 Å². The van der Waals surface area contributed by atoms with Gasteiger partial charge >= 0.3 is 0 Å². The molecule has 2 rings (SSSR count). The van der Waals surface area contributed by atoms with E-state index in [0.717, 1.165) is 18.9 Å². The van der Waals surface area contributed by atoms with Crippen molar-refractivity contribution in [1.82, 2.24) is 15.2 Å². The molecule has 0 amide bonds. The average molecular weight is 267 g/mol. The first-order valence-electron chi connectivity index (χ1n) is 6.01. The fraction of sp³-hybridized carbons (Fsp3) is 0.333. The Bertz CT molecular complexity index is 535. The predicted molar refractivity (Wildman–Crippen MR) is 69.1 cm³/mol. The van der Waals surface area contributed by atoms with Gasteiger partial charge in [-0.3, -0.25) is 0 Å². The first-order chi connectivity index (χ1) is 9.10. The number of anilines is 3. The minimum Gasteiger partial charge on any atom is -0.366 e. The summed E-state index contributed by atoms with van der Waals surface area (Å²) in [5, 5.41) is 6.38. The normalized spacial score (nSPS) is 10.7. The maximum Gasteiger partial charge on any atom is 0.241 e. The van der Waals surface area contributed by atoms with E-state index >= 15 is 0 Å². The van der Waals surface area contributed by atoms with Crippen LogP contribution in [0.4, 0.5) is 26.4 Å². The van der Waals surface area contributed by atoms with Crippen molar-refractivity contribution in [2.24, 2.45) is 0 Å². The highest BCUT2D eigenvalue weighted by Gasteiger charge is 2.14. The lowest BCUT2D eigenvalue weighted by molar-refractivity contribution is 0.582. The molecular formula is C12H15F2N5. The van der Waals surface area contributed by atoms with E-state index in [-0.39, 0.29) is 5.95 Å². The molecule has 0 fully saturated rings. The lowest BCUT2D eigenvalue weighted by atomic mass is 10.2. The summed E-state index contributed by atoms with van der Waals surface area (Å²) in [6, 6.07) is 3.32. The highest BCUT2D eigenvalue weighted by atomic mass is 19.1. The van der Waals surface area contributed by atoms with Gasteiger partial charge in [0.1, 0.15) is 11.6 Å². The van der Waals surface area contributed by atoms with Gasteiger partial charge in [0.05, 0.1) is 0 Å². The lowest BCUT2D eigenvalue weighted by Crippen LogP contribution is -2.20. The van der Waals surface area contributed by atoms with E-state index in [0.29, 0.717) is 18.2 Å². The molecule has 7 heteroatoms. The molecule has 19 heavy (non-hydrogen) atoms. The smallest absolute Gasteiger partial charge is 0.241 e. The fourth-order valence-corrected chi connectivity index (χ4v) is 1.76. The van der Waals surface area contributed by atoms with Crippen molar-refractivity contribution in [3.8, 4) is 0 Å². The first kappa shape index (κ1) is 13.3. The zero-order valence-electron chi connectivity index (χ0n) is 10.5. The van der Waals surface area contributed by atoms with E-state index in [9.17, 15) is 8.78 Å². The Hall–Kier alpha value is -2.18. The number of aromatic nitrogens is 3. The monoisotopic (exact) mass is 267 g/mol. The van der Waals surface area contributed by atoms with Crippen molar-refractivity contribution in [3.63, 3.8) is 0 Å². The highest BCUT2D eigenvalue weighted by molar-refractivity contribution is 5.57. The lowest BCUT2D eigenvalue weighted by Gasteiger charge is -2.21. The molecule has 0 bridgehead atoms. The van der Waals surface area contributed by atoms with Crippen molar-refractivity contribution in [3.05, 3.63) is 29.8 Å². The number of nitrogen functional groups attached to an aromatic ring is 1. The number of aromatic amines is 1. The second kappa shape index (κ2) is 5.64. The molecule has 1 heterocycles. The van der Waals surface area contributed by atoms with Crippen LogP contribution in [0.2, 0.25) is 0 Å². The third-order valence-electron chi connectivity index (χ3n) is 2.64. The number of H-pyrrole nitrogens is 1. The van der Waals surface area contributed by atoms with Crippen LogP contribution in [0.15, 0.2) is 18.2 Å². The van der Waals surface area contributed by atoms with Crippen LogP contribution < -0.4 is 10.6 Å². The molecular weight excluding hydrogens is 252 g/mol. The third kappa shape index (κ3) is 3.18. The van der Waals surface area contributed by atoms with E-state index < -0.39 is 11.6 Å². The number of rotatable bonds is 5. The number of nitrogens with zero attached hydrogens (tertiary/aromatic N) is 3. The summed E-state index contributed by atoms with van der Waals surface area (Å²) < 4.78 is 26.6. The number of halogens is 2. The van der Waals surface area contributed by atoms with Crippen LogP contribution in [0.1, 0.15) is 19.8 Å². The van der Waals surface area contributed by atoms with Crippen molar-refractivity contribution in [2.45, 2.75) is 19.8 Å². The topological polar surface area (TPSA) is 70.8 Å². The fourth-order valence-electron chi connectivity index (χ4n) is 1.76. The van der Waals surface area contributed by atoms with Gasteiger partial charge in [-0.25, -0.2) is 13.9 Å². The standard InChI is InChI=1S/C12H15F2N5/c1-2-3-4-19(12-16-11(15)17-18-12)10-6-8(13)5-9(14)7-10/h5-7H,2-4H2,1H3,(H3,15,16,17,18). The average Bonchev–Trinajstić information content (AvgIpc) is 2.75. The molecule has 0 aliphatic rings. The first-order valence-corrected chi connectivity index (χ1v) is 6.01. The van der Waals surface area contributed by atoms with Gasteiger partial charge in [0.2, 0.25) is 11.9 Å². The molecule has 102 valence electrons.